The first kappa shape index (κ1) is 14.1. The zero-order chi connectivity index (χ0) is 13.2. The second-order valence-corrected chi connectivity index (χ2v) is 6.09. The summed E-state index contributed by atoms with van der Waals surface area (Å²) in [4.78, 5) is 6.69. The van der Waals surface area contributed by atoms with E-state index < -0.39 is 11.0 Å². The number of hydrogen-bond donors (Lipinski definition) is 0. The van der Waals surface area contributed by atoms with Crippen molar-refractivity contribution in [2.75, 3.05) is 37.6 Å². The lowest BCUT2D eigenvalue weighted by molar-refractivity contribution is -0.130. The van der Waals surface area contributed by atoms with Crippen LogP contribution in [-0.4, -0.2) is 53.6 Å². The van der Waals surface area contributed by atoms with Gasteiger partial charge in [0.25, 0.3) is 0 Å². The van der Waals surface area contributed by atoms with Crippen molar-refractivity contribution in [1.29, 1.82) is 0 Å². The molecule has 0 saturated carbocycles. The minimum absolute atomic E-state index is 0.00914. The lowest BCUT2D eigenvalue weighted by atomic mass is 10.3. The van der Waals surface area contributed by atoms with Crippen LogP contribution < -0.4 is 4.90 Å². The van der Waals surface area contributed by atoms with E-state index in [-0.39, 0.29) is 6.54 Å². The van der Waals surface area contributed by atoms with E-state index in [0.29, 0.717) is 13.1 Å². The lowest BCUT2D eigenvalue weighted by Crippen LogP contribution is -2.49. The van der Waals surface area contributed by atoms with Gasteiger partial charge >= 0.3 is 6.18 Å². The number of anilines is 1. The molecule has 1 aliphatic rings. The van der Waals surface area contributed by atoms with Crippen molar-refractivity contribution >= 4 is 32.4 Å². The second kappa shape index (κ2) is 5.75. The van der Waals surface area contributed by atoms with Crippen molar-refractivity contribution in [2.24, 2.45) is 0 Å². The normalized spacial score (nSPS) is 20.1. The Hall–Kier alpha value is -0.340. The summed E-state index contributed by atoms with van der Waals surface area (Å²) in [6.07, 6.45) is -2.43. The summed E-state index contributed by atoms with van der Waals surface area (Å²) in [6.45, 7) is 2.74. The van der Waals surface area contributed by atoms with Crippen molar-refractivity contribution in [3.05, 3.63) is 11.6 Å². The molecule has 0 bridgehead atoms. The van der Waals surface area contributed by atoms with Gasteiger partial charge in [-0.25, -0.2) is 4.98 Å². The standard InChI is InChI=1S/C10H13BrF3N3S/c11-8(10(12,13)14)7-16-2-4-17(5-3-16)9-15-1-6-18-9/h1,6,8H,2-5,7H2. The summed E-state index contributed by atoms with van der Waals surface area (Å²) >= 11 is 4.25. The maximum absolute atomic E-state index is 12.4. The molecule has 2 rings (SSSR count). The summed E-state index contributed by atoms with van der Waals surface area (Å²) in [5, 5.41) is 2.85. The van der Waals surface area contributed by atoms with Crippen molar-refractivity contribution in [2.45, 2.75) is 11.0 Å². The van der Waals surface area contributed by atoms with Crippen LogP contribution in [-0.2, 0) is 0 Å². The molecule has 1 saturated heterocycles. The third-order valence-corrected chi connectivity index (χ3v) is 4.48. The van der Waals surface area contributed by atoms with Crippen molar-refractivity contribution in [3.8, 4) is 0 Å². The van der Waals surface area contributed by atoms with E-state index in [2.05, 4.69) is 25.8 Å². The van der Waals surface area contributed by atoms with Gasteiger partial charge in [-0.05, 0) is 0 Å². The quantitative estimate of drug-likeness (QED) is 0.786. The predicted molar refractivity (Wildman–Crippen MR) is 69.5 cm³/mol. The first-order chi connectivity index (χ1) is 8.47. The molecule has 1 unspecified atom stereocenters. The highest BCUT2D eigenvalue weighted by atomic mass is 79.9. The number of aromatic nitrogens is 1. The summed E-state index contributed by atoms with van der Waals surface area (Å²) in [7, 11) is 0. The highest BCUT2D eigenvalue weighted by molar-refractivity contribution is 9.09. The van der Waals surface area contributed by atoms with Crippen molar-refractivity contribution in [3.63, 3.8) is 0 Å². The minimum atomic E-state index is -4.17. The third kappa shape index (κ3) is 3.58. The van der Waals surface area contributed by atoms with E-state index in [9.17, 15) is 13.2 Å². The number of alkyl halides is 4. The van der Waals surface area contributed by atoms with E-state index >= 15 is 0 Å². The van der Waals surface area contributed by atoms with Crippen LogP contribution in [0.2, 0.25) is 0 Å². The van der Waals surface area contributed by atoms with Crippen LogP contribution in [0.1, 0.15) is 0 Å². The van der Waals surface area contributed by atoms with Crippen LogP contribution in [0.4, 0.5) is 18.3 Å². The van der Waals surface area contributed by atoms with Gasteiger partial charge in [0.15, 0.2) is 5.13 Å². The van der Waals surface area contributed by atoms with Gasteiger partial charge in [0.05, 0.1) is 0 Å². The molecule has 1 fully saturated rings. The molecule has 102 valence electrons. The van der Waals surface area contributed by atoms with Crippen LogP contribution in [0.25, 0.3) is 0 Å². The molecule has 1 aromatic heterocycles. The molecule has 1 aliphatic heterocycles. The van der Waals surface area contributed by atoms with Gasteiger partial charge in [0, 0.05) is 44.3 Å². The molecule has 0 aliphatic carbocycles. The van der Waals surface area contributed by atoms with Crippen LogP contribution in [0, 0.1) is 0 Å². The molecule has 1 aromatic rings. The van der Waals surface area contributed by atoms with Gasteiger partial charge in [-0.3, -0.25) is 4.90 Å². The Bertz CT molecular complexity index is 363. The van der Waals surface area contributed by atoms with E-state index in [1.54, 1.807) is 17.5 Å². The van der Waals surface area contributed by atoms with Gasteiger partial charge in [0.1, 0.15) is 4.83 Å². The Morgan fingerprint density at radius 3 is 2.50 bits per heavy atom. The average molecular weight is 344 g/mol. The van der Waals surface area contributed by atoms with E-state index in [1.165, 1.54) is 0 Å². The molecular weight excluding hydrogens is 331 g/mol. The molecule has 2 heterocycles. The minimum Gasteiger partial charge on any atom is -0.346 e. The van der Waals surface area contributed by atoms with E-state index in [0.717, 1.165) is 18.2 Å². The fourth-order valence-corrected chi connectivity index (χ4v) is 2.93. The molecule has 0 radical (unpaired) electrons. The number of thiazole rings is 1. The molecule has 0 N–H and O–H groups in total. The Kier molecular flexibility index (Phi) is 4.50. The number of nitrogens with zero attached hydrogens (tertiary/aromatic N) is 3. The second-order valence-electron chi connectivity index (χ2n) is 4.11. The smallest absolute Gasteiger partial charge is 0.346 e. The molecule has 1 atom stereocenters. The van der Waals surface area contributed by atoms with Crippen LogP contribution in [0.3, 0.4) is 0 Å². The van der Waals surface area contributed by atoms with E-state index in [4.69, 9.17) is 0 Å². The Morgan fingerprint density at radius 2 is 2.00 bits per heavy atom. The van der Waals surface area contributed by atoms with Gasteiger partial charge in [-0.2, -0.15) is 13.2 Å². The zero-order valence-corrected chi connectivity index (χ0v) is 11.9. The summed E-state index contributed by atoms with van der Waals surface area (Å²) < 4.78 is 37.2. The highest BCUT2D eigenvalue weighted by Crippen LogP contribution is 2.27. The van der Waals surface area contributed by atoms with Gasteiger partial charge < -0.3 is 4.90 Å². The first-order valence-corrected chi connectivity index (χ1v) is 7.34. The Labute approximate surface area is 116 Å². The number of rotatable bonds is 3. The Balaban J connectivity index is 1.80. The van der Waals surface area contributed by atoms with Crippen molar-refractivity contribution in [1.82, 2.24) is 9.88 Å². The number of piperazine rings is 1. The van der Waals surface area contributed by atoms with Crippen LogP contribution in [0.5, 0.6) is 0 Å². The molecule has 3 nitrogen and oxygen atoms in total. The topological polar surface area (TPSA) is 19.4 Å². The number of halogens is 4. The predicted octanol–water partition coefficient (Wildman–Crippen LogP) is 2.59. The maximum Gasteiger partial charge on any atom is 0.402 e. The maximum atomic E-state index is 12.4. The van der Waals surface area contributed by atoms with Crippen LogP contribution >= 0.6 is 27.3 Å². The lowest BCUT2D eigenvalue weighted by Gasteiger charge is -2.35. The highest BCUT2D eigenvalue weighted by Gasteiger charge is 2.39. The van der Waals surface area contributed by atoms with E-state index in [1.807, 2.05) is 10.3 Å². The zero-order valence-electron chi connectivity index (χ0n) is 9.53. The fraction of sp³-hybridized carbons (Fsp3) is 0.700. The molecule has 0 amide bonds. The van der Waals surface area contributed by atoms with Gasteiger partial charge in [-0.15, -0.1) is 11.3 Å². The summed E-state index contributed by atoms with van der Waals surface area (Å²) in [5.74, 6) is 0. The molecule has 8 heteroatoms. The number of hydrogen-bond acceptors (Lipinski definition) is 4. The van der Waals surface area contributed by atoms with Crippen LogP contribution in [0.15, 0.2) is 11.6 Å². The third-order valence-electron chi connectivity index (χ3n) is 2.84. The average Bonchev–Trinajstić information content (AvgIpc) is 2.82. The first-order valence-electron chi connectivity index (χ1n) is 5.54. The molecule has 0 spiro atoms. The summed E-state index contributed by atoms with van der Waals surface area (Å²) in [5.41, 5.74) is 0. The largest absolute Gasteiger partial charge is 0.402 e. The fourth-order valence-electron chi connectivity index (χ4n) is 1.82. The molecule has 18 heavy (non-hydrogen) atoms. The Morgan fingerprint density at radius 1 is 1.33 bits per heavy atom. The monoisotopic (exact) mass is 343 g/mol. The molecular formula is C10H13BrF3N3S. The van der Waals surface area contributed by atoms with Gasteiger partial charge in [0.2, 0.25) is 0 Å². The van der Waals surface area contributed by atoms with Crippen molar-refractivity contribution < 1.29 is 13.2 Å². The van der Waals surface area contributed by atoms with Gasteiger partial charge in [-0.1, -0.05) is 15.9 Å². The SMILES string of the molecule is FC(F)(F)C(Br)CN1CCN(c2nccs2)CC1. The molecule has 0 aromatic carbocycles. The summed E-state index contributed by atoms with van der Waals surface area (Å²) in [6, 6.07) is 0.